The molecular weight excluding hydrogens is 258 g/mol. The lowest BCUT2D eigenvalue weighted by molar-refractivity contribution is -0.0171. The van der Waals surface area contributed by atoms with Crippen molar-refractivity contribution in [3.63, 3.8) is 0 Å². The maximum absolute atomic E-state index is 9.54. The van der Waals surface area contributed by atoms with Gasteiger partial charge in [0.25, 0.3) is 0 Å². The van der Waals surface area contributed by atoms with Gasteiger partial charge in [0.1, 0.15) is 0 Å². The SMILES string of the molecule is OC1CNCC1OCc1ccccc1Br. The Morgan fingerprint density at radius 3 is 2.87 bits per heavy atom. The molecule has 1 aliphatic heterocycles. The van der Waals surface area contributed by atoms with Gasteiger partial charge in [-0.15, -0.1) is 0 Å². The molecule has 0 saturated carbocycles. The van der Waals surface area contributed by atoms with E-state index in [9.17, 15) is 5.11 Å². The molecule has 0 aromatic heterocycles. The van der Waals surface area contributed by atoms with Crippen LogP contribution in [-0.2, 0) is 11.3 Å². The molecule has 4 heteroatoms. The van der Waals surface area contributed by atoms with Gasteiger partial charge in [-0.25, -0.2) is 0 Å². The van der Waals surface area contributed by atoms with Crippen molar-refractivity contribution in [3.05, 3.63) is 34.3 Å². The molecule has 1 heterocycles. The van der Waals surface area contributed by atoms with Gasteiger partial charge in [0.2, 0.25) is 0 Å². The Balaban J connectivity index is 1.90. The van der Waals surface area contributed by atoms with Crippen LogP contribution < -0.4 is 5.32 Å². The number of rotatable bonds is 3. The third kappa shape index (κ3) is 2.78. The van der Waals surface area contributed by atoms with Crippen molar-refractivity contribution < 1.29 is 9.84 Å². The van der Waals surface area contributed by atoms with Crippen molar-refractivity contribution in [1.82, 2.24) is 5.32 Å². The lowest BCUT2D eigenvalue weighted by Gasteiger charge is -2.15. The Bertz CT molecular complexity index is 332. The molecule has 1 aromatic rings. The van der Waals surface area contributed by atoms with Crippen LogP contribution in [-0.4, -0.2) is 30.4 Å². The summed E-state index contributed by atoms with van der Waals surface area (Å²) in [6.07, 6.45) is -0.468. The number of ether oxygens (including phenoxy) is 1. The molecule has 1 fully saturated rings. The van der Waals surface area contributed by atoms with Gasteiger partial charge in [-0.3, -0.25) is 0 Å². The summed E-state index contributed by atoms with van der Waals surface area (Å²) in [4.78, 5) is 0. The van der Waals surface area contributed by atoms with E-state index >= 15 is 0 Å². The van der Waals surface area contributed by atoms with E-state index in [4.69, 9.17) is 4.74 Å². The zero-order valence-electron chi connectivity index (χ0n) is 8.32. The second kappa shape index (κ2) is 5.07. The first kappa shape index (κ1) is 11.1. The summed E-state index contributed by atoms with van der Waals surface area (Å²) in [6.45, 7) is 1.89. The zero-order valence-corrected chi connectivity index (χ0v) is 9.90. The van der Waals surface area contributed by atoms with Gasteiger partial charge >= 0.3 is 0 Å². The summed E-state index contributed by atoms with van der Waals surface area (Å²) >= 11 is 3.46. The average molecular weight is 272 g/mol. The molecule has 0 amide bonds. The molecule has 2 unspecified atom stereocenters. The third-order valence-corrected chi connectivity index (χ3v) is 3.31. The quantitative estimate of drug-likeness (QED) is 0.871. The van der Waals surface area contributed by atoms with E-state index in [1.165, 1.54) is 0 Å². The first-order valence-corrected chi connectivity index (χ1v) is 5.80. The summed E-state index contributed by atoms with van der Waals surface area (Å²) < 4.78 is 6.69. The van der Waals surface area contributed by atoms with E-state index < -0.39 is 0 Å². The molecule has 2 atom stereocenters. The Labute approximate surface area is 97.6 Å². The van der Waals surface area contributed by atoms with Gasteiger partial charge in [-0.05, 0) is 11.6 Å². The Morgan fingerprint density at radius 1 is 1.40 bits per heavy atom. The van der Waals surface area contributed by atoms with Gasteiger partial charge in [0.05, 0.1) is 18.8 Å². The molecule has 15 heavy (non-hydrogen) atoms. The maximum Gasteiger partial charge on any atom is 0.0974 e. The highest BCUT2D eigenvalue weighted by Gasteiger charge is 2.25. The largest absolute Gasteiger partial charge is 0.389 e. The number of benzene rings is 1. The van der Waals surface area contributed by atoms with E-state index in [1.807, 2.05) is 24.3 Å². The van der Waals surface area contributed by atoms with Crippen LogP contribution in [0.1, 0.15) is 5.56 Å². The standard InChI is InChI=1S/C11H14BrNO2/c12-9-4-2-1-3-8(9)7-15-11-6-13-5-10(11)14/h1-4,10-11,13-14H,5-7H2. The van der Waals surface area contributed by atoms with Crippen LogP contribution in [0.4, 0.5) is 0 Å². The fraction of sp³-hybridized carbons (Fsp3) is 0.455. The Hall–Kier alpha value is -0.420. The number of aliphatic hydroxyl groups excluding tert-OH is 1. The highest BCUT2D eigenvalue weighted by molar-refractivity contribution is 9.10. The van der Waals surface area contributed by atoms with Crippen LogP contribution in [0.15, 0.2) is 28.7 Å². The van der Waals surface area contributed by atoms with Crippen molar-refractivity contribution in [2.24, 2.45) is 0 Å². The fourth-order valence-corrected chi connectivity index (χ4v) is 2.02. The molecule has 1 aliphatic rings. The van der Waals surface area contributed by atoms with Crippen molar-refractivity contribution in [3.8, 4) is 0 Å². The van der Waals surface area contributed by atoms with Crippen LogP contribution in [0.3, 0.4) is 0 Å². The molecule has 0 spiro atoms. The molecule has 3 nitrogen and oxygen atoms in total. The number of nitrogens with one attached hydrogen (secondary N) is 1. The number of halogens is 1. The van der Waals surface area contributed by atoms with Gasteiger partial charge in [0, 0.05) is 17.6 Å². The molecule has 2 rings (SSSR count). The lowest BCUT2D eigenvalue weighted by atomic mass is 10.2. The van der Waals surface area contributed by atoms with Crippen LogP contribution in [0, 0.1) is 0 Å². The first-order chi connectivity index (χ1) is 7.27. The third-order valence-electron chi connectivity index (χ3n) is 2.54. The number of hydrogen-bond donors (Lipinski definition) is 2. The minimum absolute atomic E-state index is 0.0860. The predicted octanol–water partition coefficient (Wildman–Crippen LogP) is 1.30. The van der Waals surface area contributed by atoms with Crippen LogP contribution in [0.5, 0.6) is 0 Å². The highest BCUT2D eigenvalue weighted by Crippen LogP contribution is 2.18. The second-order valence-corrected chi connectivity index (χ2v) is 4.52. The van der Waals surface area contributed by atoms with Crippen molar-refractivity contribution in [2.45, 2.75) is 18.8 Å². The van der Waals surface area contributed by atoms with Gasteiger partial charge < -0.3 is 15.2 Å². The van der Waals surface area contributed by atoms with E-state index in [0.29, 0.717) is 13.2 Å². The van der Waals surface area contributed by atoms with E-state index in [0.717, 1.165) is 16.6 Å². The number of β-amino-alcohol motifs (C(OH)–C–C–N with tert-alkyl or cyclic N) is 1. The van der Waals surface area contributed by atoms with Crippen LogP contribution in [0.25, 0.3) is 0 Å². The first-order valence-electron chi connectivity index (χ1n) is 5.01. The second-order valence-electron chi connectivity index (χ2n) is 3.67. The molecule has 0 radical (unpaired) electrons. The summed E-state index contributed by atoms with van der Waals surface area (Å²) in [7, 11) is 0. The smallest absolute Gasteiger partial charge is 0.0974 e. The lowest BCUT2D eigenvalue weighted by Crippen LogP contribution is -2.26. The summed E-state index contributed by atoms with van der Waals surface area (Å²) in [5.74, 6) is 0. The fourth-order valence-electron chi connectivity index (χ4n) is 1.62. The number of aliphatic hydroxyl groups is 1. The molecule has 1 saturated heterocycles. The Kier molecular flexibility index (Phi) is 3.75. The zero-order chi connectivity index (χ0) is 10.7. The maximum atomic E-state index is 9.54. The van der Waals surface area contributed by atoms with Crippen LogP contribution in [0.2, 0.25) is 0 Å². The van der Waals surface area contributed by atoms with E-state index in [-0.39, 0.29) is 12.2 Å². The Morgan fingerprint density at radius 2 is 2.20 bits per heavy atom. The van der Waals surface area contributed by atoms with E-state index in [1.54, 1.807) is 0 Å². The molecule has 1 aromatic carbocycles. The molecule has 82 valence electrons. The molecule has 0 bridgehead atoms. The topological polar surface area (TPSA) is 41.5 Å². The van der Waals surface area contributed by atoms with E-state index in [2.05, 4.69) is 21.2 Å². The number of hydrogen-bond acceptors (Lipinski definition) is 3. The van der Waals surface area contributed by atoms with Gasteiger partial charge in [0.15, 0.2) is 0 Å². The van der Waals surface area contributed by atoms with Crippen molar-refractivity contribution in [1.29, 1.82) is 0 Å². The monoisotopic (exact) mass is 271 g/mol. The minimum Gasteiger partial charge on any atom is -0.389 e. The van der Waals surface area contributed by atoms with Gasteiger partial charge in [-0.2, -0.15) is 0 Å². The summed E-state index contributed by atoms with van der Waals surface area (Å²) in [5.41, 5.74) is 1.11. The minimum atomic E-state index is -0.382. The predicted molar refractivity (Wildman–Crippen MR) is 61.6 cm³/mol. The van der Waals surface area contributed by atoms with Crippen molar-refractivity contribution >= 4 is 15.9 Å². The molecule has 0 aliphatic carbocycles. The highest BCUT2D eigenvalue weighted by atomic mass is 79.9. The normalized spacial score (nSPS) is 25.7. The van der Waals surface area contributed by atoms with Crippen molar-refractivity contribution in [2.75, 3.05) is 13.1 Å². The molecular formula is C11H14BrNO2. The van der Waals surface area contributed by atoms with Crippen LogP contribution >= 0.6 is 15.9 Å². The average Bonchev–Trinajstić information content (AvgIpc) is 2.63. The summed E-state index contributed by atoms with van der Waals surface area (Å²) in [5, 5.41) is 12.6. The van der Waals surface area contributed by atoms with Gasteiger partial charge in [-0.1, -0.05) is 34.1 Å². The summed E-state index contributed by atoms with van der Waals surface area (Å²) in [6, 6.07) is 7.95. The molecule has 2 N–H and O–H groups in total.